The number of benzene rings is 2. The summed E-state index contributed by atoms with van der Waals surface area (Å²) in [6, 6.07) is 21.2. The van der Waals surface area contributed by atoms with Crippen LogP contribution < -0.4 is 16.1 Å². The number of rotatable bonds is 6. The smallest absolute Gasteiger partial charge is 0.169 e. The molecule has 6 heteroatoms. The van der Waals surface area contributed by atoms with E-state index in [1.54, 1.807) is 60.7 Å². The van der Waals surface area contributed by atoms with Crippen molar-refractivity contribution in [3.05, 3.63) is 84.3 Å². The molecule has 3 aromatic rings. The van der Waals surface area contributed by atoms with Gasteiger partial charge in [0.1, 0.15) is 18.1 Å². The maximum absolute atomic E-state index is 14.1. The van der Waals surface area contributed by atoms with Gasteiger partial charge in [-0.15, -0.1) is 0 Å². The molecule has 3 N–H and O–H groups in total. The Labute approximate surface area is 139 Å². The zero-order chi connectivity index (χ0) is 17.0. The fraction of sp³-hybridized carbons (Fsp3) is 0.111. The van der Waals surface area contributed by atoms with E-state index in [9.17, 15) is 14.9 Å². The van der Waals surface area contributed by atoms with E-state index in [-0.39, 0.29) is 6.61 Å². The van der Waals surface area contributed by atoms with Gasteiger partial charge in [-0.05, 0) is 12.1 Å². The van der Waals surface area contributed by atoms with Crippen molar-refractivity contribution in [2.24, 2.45) is 0 Å². The summed E-state index contributed by atoms with van der Waals surface area (Å²) in [4.78, 5) is 0. The van der Waals surface area contributed by atoms with Crippen LogP contribution in [-0.2, 0) is 11.2 Å². The quantitative estimate of drug-likeness (QED) is 0.474. The van der Waals surface area contributed by atoms with Crippen LogP contribution >= 0.6 is 7.14 Å². The molecule has 0 saturated heterocycles. The van der Waals surface area contributed by atoms with Gasteiger partial charge >= 0.3 is 0 Å². The molecule has 1 aromatic heterocycles. The van der Waals surface area contributed by atoms with Crippen LogP contribution in [0.2, 0.25) is 0 Å². The van der Waals surface area contributed by atoms with Gasteiger partial charge < -0.3 is 19.3 Å². The molecule has 0 amide bonds. The fourth-order valence-corrected chi connectivity index (χ4v) is 5.48. The molecule has 5 nitrogen and oxygen atoms in total. The molecule has 0 fully saturated rings. The molecule has 1 unspecified atom stereocenters. The highest BCUT2D eigenvalue weighted by molar-refractivity contribution is 7.78. The van der Waals surface area contributed by atoms with Crippen molar-refractivity contribution < 1.29 is 19.3 Å². The van der Waals surface area contributed by atoms with Crippen molar-refractivity contribution in [2.75, 3.05) is 0 Å². The Bertz CT molecular complexity index is 789. The van der Waals surface area contributed by atoms with Gasteiger partial charge in [0, 0.05) is 10.6 Å². The summed E-state index contributed by atoms with van der Waals surface area (Å²) in [5, 5.41) is 20.2. The Morgan fingerprint density at radius 2 is 1.46 bits per heavy atom. The number of aliphatic hydroxyl groups is 1. The molecule has 3 rings (SSSR count). The summed E-state index contributed by atoms with van der Waals surface area (Å²) in [6.07, 6.45) is 0. The van der Waals surface area contributed by atoms with E-state index >= 15 is 0 Å². The van der Waals surface area contributed by atoms with Crippen LogP contribution in [0, 0.1) is 0 Å². The molecule has 0 radical (unpaired) electrons. The van der Waals surface area contributed by atoms with E-state index < -0.39 is 12.9 Å². The average molecular weight is 343 g/mol. The van der Waals surface area contributed by atoms with Crippen LogP contribution in [0.1, 0.15) is 17.3 Å². The average Bonchev–Trinajstić information content (AvgIpc) is 3.12. The van der Waals surface area contributed by atoms with E-state index in [1.807, 2.05) is 12.1 Å². The Morgan fingerprint density at radius 3 is 1.88 bits per heavy atom. The second-order valence-corrected chi connectivity index (χ2v) is 8.19. The Hall–Kier alpha value is -2.17. The maximum Gasteiger partial charge on any atom is 0.169 e. The summed E-state index contributed by atoms with van der Waals surface area (Å²) in [5.41, 5.74) is 2.15. The minimum atomic E-state index is -3.29. The van der Waals surface area contributed by atoms with Crippen LogP contribution in [0.15, 0.2) is 77.2 Å². The van der Waals surface area contributed by atoms with E-state index in [4.69, 9.17) is 4.42 Å². The second kappa shape index (κ2) is 7.16. The first-order valence-electron chi connectivity index (χ1n) is 7.50. The molecule has 2 aromatic carbocycles. The molecule has 0 bridgehead atoms. The topological polar surface area (TPSA) is 82.7 Å². The molecule has 24 heavy (non-hydrogen) atoms. The van der Waals surface area contributed by atoms with Crippen molar-refractivity contribution in [2.45, 2.75) is 12.4 Å². The lowest BCUT2D eigenvalue weighted by Crippen LogP contribution is -2.28. The first-order chi connectivity index (χ1) is 11.7. The van der Waals surface area contributed by atoms with Gasteiger partial charge in [-0.1, -0.05) is 60.7 Å². The molecule has 0 aliphatic rings. The van der Waals surface area contributed by atoms with Crippen molar-refractivity contribution in [1.82, 2.24) is 5.48 Å². The van der Waals surface area contributed by atoms with E-state index in [0.717, 1.165) is 0 Å². The van der Waals surface area contributed by atoms with Crippen LogP contribution in [0.25, 0.3) is 0 Å². The lowest BCUT2D eigenvalue weighted by molar-refractivity contribution is 0.143. The third-order valence-corrected chi connectivity index (χ3v) is 7.10. The SMILES string of the molecule is O=P(c1ccccc1)(c1ccccc1)C(NO)c1ccc(CO)o1. The second-order valence-electron chi connectivity index (χ2n) is 5.32. The van der Waals surface area contributed by atoms with E-state index in [1.165, 1.54) is 0 Å². The van der Waals surface area contributed by atoms with Crippen molar-refractivity contribution in [1.29, 1.82) is 0 Å². The van der Waals surface area contributed by atoms with Gasteiger partial charge in [-0.2, -0.15) is 5.48 Å². The monoisotopic (exact) mass is 343 g/mol. The number of hydrogen-bond acceptors (Lipinski definition) is 5. The predicted molar refractivity (Wildman–Crippen MR) is 92.1 cm³/mol. The van der Waals surface area contributed by atoms with Gasteiger partial charge in [0.05, 0.1) is 0 Å². The molecule has 0 spiro atoms. The van der Waals surface area contributed by atoms with Crippen molar-refractivity contribution in [3.8, 4) is 0 Å². The Balaban J connectivity index is 2.18. The molecule has 1 atom stereocenters. The molecule has 124 valence electrons. The summed E-state index contributed by atoms with van der Waals surface area (Å²) in [6.45, 7) is -0.265. The molecular formula is C18H18NO4P. The fourth-order valence-electron chi connectivity index (χ4n) is 2.70. The summed E-state index contributed by atoms with van der Waals surface area (Å²) >= 11 is 0. The van der Waals surface area contributed by atoms with Crippen LogP contribution in [0.3, 0.4) is 0 Å². The van der Waals surface area contributed by atoms with Gasteiger partial charge in [0.2, 0.25) is 0 Å². The Kier molecular flexibility index (Phi) is 4.97. The molecule has 1 heterocycles. The van der Waals surface area contributed by atoms with E-state index in [0.29, 0.717) is 22.1 Å². The molecular weight excluding hydrogens is 325 g/mol. The number of hydrogen-bond donors (Lipinski definition) is 3. The standard InChI is InChI=1S/C18H18NO4P/c20-13-14-11-12-17(23-14)18(19-21)24(22,15-7-3-1-4-8-15)16-9-5-2-6-10-16/h1-12,18-21H,13H2. The number of nitrogens with one attached hydrogen (secondary N) is 1. The third-order valence-electron chi connectivity index (χ3n) is 3.87. The number of hydroxylamine groups is 1. The highest BCUT2D eigenvalue weighted by atomic mass is 31.2. The third kappa shape index (κ3) is 2.95. The zero-order valence-corrected chi connectivity index (χ0v) is 13.8. The molecule has 0 saturated carbocycles. The Morgan fingerprint density at radius 1 is 0.917 bits per heavy atom. The van der Waals surface area contributed by atoms with Crippen molar-refractivity contribution in [3.63, 3.8) is 0 Å². The van der Waals surface area contributed by atoms with Crippen LogP contribution in [0.4, 0.5) is 0 Å². The van der Waals surface area contributed by atoms with Gasteiger partial charge in [-0.3, -0.25) is 0 Å². The lowest BCUT2D eigenvalue weighted by Gasteiger charge is -2.26. The van der Waals surface area contributed by atoms with E-state index in [2.05, 4.69) is 5.48 Å². The zero-order valence-electron chi connectivity index (χ0n) is 12.9. The van der Waals surface area contributed by atoms with Crippen LogP contribution in [-0.4, -0.2) is 10.3 Å². The minimum absolute atomic E-state index is 0.265. The predicted octanol–water partition coefficient (Wildman–Crippen LogP) is 2.76. The number of aliphatic hydroxyl groups excluding tert-OH is 1. The highest BCUT2D eigenvalue weighted by Crippen LogP contribution is 2.55. The normalized spacial score (nSPS) is 12.9. The minimum Gasteiger partial charge on any atom is -0.461 e. The van der Waals surface area contributed by atoms with Crippen molar-refractivity contribution >= 4 is 17.8 Å². The molecule has 0 aliphatic heterocycles. The lowest BCUT2D eigenvalue weighted by atomic mass is 10.4. The van der Waals surface area contributed by atoms with Gasteiger partial charge in [0.25, 0.3) is 0 Å². The van der Waals surface area contributed by atoms with Crippen LogP contribution in [0.5, 0.6) is 0 Å². The first kappa shape index (κ1) is 16.7. The largest absolute Gasteiger partial charge is 0.461 e. The van der Waals surface area contributed by atoms with Gasteiger partial charge in [-0.25, -0.2) is 0 Å². The number of furan rings is 1. The summed E-state index contributed by atoms with van der Waals surface area (Å²) in [5.74, 6) is -0.307. The van der Waals surface area contributed by atoms with Gasteiger partial charge in [0.15, 0.2) is 12.9 Å². The first-order valence-corrected chi connectivity index (χ1v) is 9.27. The summed E-state index contributed by atoms with van der Waals surface area (Å²) < 4.78 is 19.6. The highest BCUT2D eigenvalue weighted by Gasteiger charge is 2.39. The molecule has 0 aliphatic carbocycles. The summed E-state index contributed by atoms with van der Waals surface area (Å²) in [7, 11) is -3.29. The maximum atomic E-state index is 14.1.